The molecule has 4 aromatic rings. The van der Waals surface area contributed by atoms with Crippen LogP contribution in [0.3, 0.4) is 0 Å². The van der Waals surface area contributed by atoms with E-state index in [1.54, 1.807) is 22.2 Å². The topological polar surface area (TPSA) is 80.5 Å². The summed E-state index contributed by atoms with van der Waals surface area (Å²) in [7, 11) is 0. The van der Waals surface area contributed by atoms with Gasteiger partial charge in [-0.1, -0.05) is 24.3 Å². The minimum atomic E-state index is -0.188. The van der Waals surface area contributed by atoms with E-state index < -0.39 is 0 Å². The molecular formula is C20H18N6OS2. The molecule has 3 heterocycles. The van der Waals surface area contributed by atoms with Crippen LogP contribution in [0.1, 0.15) is 35.1 Å². The summed E-state index contributed by atoms with van der Waals surface area (Å²) in [6.07, 6.45) is 3.97. The molecule has 0 atom stereocenters. The lowest BCUT2D eigenvalue weighted by Gasteiger charge is -2.06. The van der Waals surface area contributed by atoms with Crippen molar-refractivity contribution in [2.45, 2.75) is 25.4 Å². The van der Waals surface area contributed by atoms with Crippen molar-refractivity contribution in [2.75, 3.05) is 0 Å². The first-order valence-corrected chi connectivity index (χ1v) is 10.6. The molecule has 146 valence electrons. The van der Waals surface area contributed by atoms with E-state index >= 15 is 0 Å². The quantitative estimate of drug-likeness (QED) is 0.458. The van der Waals surface area contributed by atoms with E-state index in [-0.39, 0.29) is 5.91 Å². The Morgan fingerprint density at radius 1 is 1.24 bits per heavy atom. The maximum atomic E-state index is 13.0. The Labute approximate surface area is 176 Å². The van der Waals surface area contributed by atoms with E-state index in [9.17, 15) is 4.79 Å². The van der Waals surface area contributed by atoms with Gasteiger partial charge in [0.25, 0.3) is 5.91 Å². The molecule has 1 saturated carbocycles. The number of hydrogen-bond acceptors (Lipinski definition) is 5. The van der Waals surface area contributed by atoms with Crippen molar-refractivity contribution in [3.05, 3.63) is 70.2 Å². The number of para-hydroxylation sites is 1. The van der Waals surface area contributed by atoms with Gasteiger partial charge < -0.3 is 5.32 Å². The molecule has 1 aliphatic carbocycles. The predicted octanol–water partition coefficient (Wildman–Crippen LogP) is 4.12. The zero-order chi connectivity index (χ0) is 19.8. The number of benzene rings is 1. The van der Waals surface area contributed by atoms with Crippen LogP contribution < -0.4 is 5.32 Å². The maximum absolute atomic E-state index is 13.0. The third kappa shape index (κ3) is 3.54. The molecule has 0 aliphatic heterocycles. The van der Waals surface area contributed by atoms with Crippen molar-refractivity contribution in [1.29, 1.82) is 0 Å². The van der Waals surface area contributed by atoms with E-state index in [0.717, 1.165) is 29.2 Å². The number of nitrogens with zero attached hydrogens (tertiary/aromatic N) is 4. The second-order valence-corrected chi connectivity index (χ2v) is 8.21. The zero-order valence-corrected chi connectivity index (χ0v) is 17.0. The summed E-state index contributed by atoms with van der Waals surface area (Å²) in [5.74, 6) is 0.561. The van der Waals surface area contributed by atoms with Gasteiger partial charge in [-0.25, -0.2) is 4.68 Å². The third-order valence-electron chi connectivity index (χ3n) is 4.83. The Kier molecular flexibility index (Phi) is 4.61. The van der Waals surface area contributed by atoms with Gasteiger partial charge in [0.1, 0.15) is 5.69 Å². The second kappa shape index (κ2) is 7.41. The lowest BCUT2D eigenvalue weighted by Crippen LogP contribution is -2.25. The maximum Gasteiger partial charge on any atom is 0.255 e. The standard InChI is InChI=1S/C20H18N6OS2/c27-19(21-11-17-22-23-20(28)26(17)14-8-9-14)15-12-25(13-5-2-1-3-6-13)24-18(15)16-7-4-10-29-16/h1-7,10,12,14H,8-9,11H2,(H,21,27)(H,23,28). The number of H-pyrrole nitrogens is 1. The number of rotatable bonds is 6. The molecule has 3 aromatic heterocycles. The van der Waals surface area contributed by atoms with Gasteiger partial charge in [0.05, 0.1) is 22.7 Å². The van der Waals surface area contributed by atoms with Gasteiger partial charge in [0.15, 0.2) is 10.6 Å². The van der Waals surface area contributed by atoms with Crippen LogP contribution in [-0.4, -0.2) is 30.5 Å². The molecule has 1 aliphatic rings. The van der Waals surface area contributed by atoms with Crippen molar-refractivity contribution < 1.29 is 4.79 Å². The van der Waals surface area contributed by atoms with Gasteiger partial charge in [-0.05, 0) is 48.6 Å². The highest BCUT2D eigenvalue weighted by Gasteiger charge is 2.27. The molecule has 1 aromatic carbocycles. The second-order valence-electron chi connectivity index (χ2n) is 6.88. The predicted molar refractivity (Wildman–Crippen MR) is 114 cm³/mol. The van der Waals surface area contributed by atoms with Gasteiger partial charge in [-0.3, -0.25) is 14.5 Å². The van der Waals surface area contributed by atoms with Gasteiger partial charge in [0.2, 0.25) is 0 Å². The average Bonchev–Trinajstić information content (AvgIpc) is 3.13. The Hall–Kier alpha value is -3.04. The van der Waals surface area contributed by atoms with Crippen LogP contribution in [0.2, 0.25) is 0 Å². The summed E-state index contributed by atoms with van der Waals surface area (Å²) >= 11 is 6.87. The SMILES string of the molecule is O=C(NCc1n[nH]c(=S)n1C1CC1)c1cn(-c2ccccc2)nc1-c1cccs1. The summed E-state index contributed by atoms with van der Waals surface area (Å²) in [6.45, 7) is 0.308. The van der Waals surface area contributed by atoms with E-state index in [4.69, 9.17) is 12.2 Å². The highest BCUT2D eigenvalue weighted by atomic mass is 32.1. The largest absolute Gasteiger partial charge is 0.345 e. The number of hydrogen-bond donors (Lipinski definition) is 2. The van der Waals surface area contributed by atoms with Crippen LogP contribution in [0.25, 0.3) is 16.3 Å². The highest BCUT2D eigenvalue weighted by molar-refractivity contribution is 7.71. The highest BCUT2D eigenvalue weighted by Crippen LogP contribution is 2.35. The molecule has 1 fully saturated rings. The van der Waals surface area contributed by atoms with E-state index in [1.807, 2.05) is 52.4 Å². The fourth-order valence-corrected chi connectivity index (χ4v) is 4.30. The van der Waals surface area contributed by atoms with Gasteiger partial charge in [-0.15, -0.1) is 11.3 Å². The van der Waals surface area contributed by atoms with E-state index in [2.05, 4.69) is 20.6 Å². The number of carbonyl (C=O) groups is 1. The van der Waals surface area contributed by atoms with Crippen LogP contribution in [-0.2, 0) is 6.54 Å². The van der Waals surface area contributed by atoms with Crippen molar-refractivity contribution in [3.8, 4) is 16.3 Å². The minimum Gasteiger partial charge on any atom is -0.345 e. The Morgan fingerprint density at radius 3 is 2.79 bits per heavy atom. The summed E-state index contributed by atoms with van der Waals surface area (Å²) < 4.78 is 4.35. The summed E-state index contributed by atoms with van der Waals surface area (Å²) in [5, 5.41) is 16.8. The minimum absolute atomic E-state index is 0.188. The van der Waals surface area contributed by atoms with Crippen LogP contribution in [0.5, 0.6) is 0 Å². The molecular weight excluding hydrogens is 404 g/mol. The first-order valence-electron chi connectivity index (χ1n) is 9.33. The fourth-order valence-electron chi connectivity index (χ4n) is 3.27. The van der Waals surface area contributed by atoms with Crippen LogP contribution in [0, 0.1) is 4.77 Å². The summed E-state index contributed by atoms with van der Waals surface area (Å²) in [6, 6.07) is 14.1. The van der Waals surface area contributed by atoms with Crippen molar-refractivity contribution in [2.24, 2.45) is 0 Å². The van der Waals surface area contributed by atoms with Crippen LogP contribution >= 0.6 is 23.6 Å². The van der Waals surface area contributed by atoms with E-state index in [0.29, 0.717) is 28.6 Å². The molecule has 0 spiro atoms. The first kappa shape index (κ1) is 18.0. The van der Waals surface area contributed by atoms with Gasteiger partial charge in [0, 0.05) is 12.2 Å². The van der Waals surface area contributed by atoms with Crippen LogP contribution in [0.15, 0.2) is 54.0 Å². The number of nitrogens with one attached hydrogen (secondary N) is 2. The normalized spacial score (nSPS) is 13.5. The van der Waals surface area contributed by atoms with Gasteiger partial charge >= 0.3 is 0 Å². The zero-order valence-electron chi connectivity index (χ0n) is 15.4. The lowest BCUT2D eigenvalue weighted by molar-refractivity contribution is 0.0950. The van der Waals surface area contributed by atoms with Crippen molar-refractivity contribution in [3.63, 3.8) is 0 Å². The molecule has 5 rings (SSSR count). The molecule has 0 unspecified atom stereocenters. The van der Waals surface area contributed by atoms with Crippen LogP contribution in [0.4, 0.5) is 0 Å². The Morgan fingerprint density at radius 2 is 2.07 bits per heavy atom. The monoisotopic (exact) mass is 422 g/mol. The number of aromatic amines is 1. The summed E-state index contributed by atoms with van der Waals surface area (Å²) in [4.78, 5) is 14.0. The molecule has 1 amide bonds. The number of amides is 1. The van der Waals surface area contributed by atoms with Crippen molar-refractivity contribution in [1.82, 2.24) is 29.9 Å². The average molecular weight is 423 g/mol. The van der Waals surface area contributed by atoms with E-state index in [1.165, 1.54) is 0 Å². The molecule has 7 nitrogen and oxygen atoms in total. The number of aromatic nitrogens is 5. The molecule has 2 N–H and O–H groups in total. The molecule has 0 saturated heterocycles. The Bertz CT molecular complexity index is 1200. The smallest absolute Gasteiger partial charge is 0.255 e. The number of carbonyl (C=O) groups excluding carboxylic acids is 1. The molecule has 9 heteroatoms. The lowest BCUT2D eigenvalue weighted by atomic mass is 10.2. The molecule has 0 radical (unpaired) electrons. The van der Waals surface area contributed by atoms with Crippen molar-refractivity contribution >= 4 is 29.5 Å². The third-order valence-corrected chi connectivity index (χ3v) is 6.00. The molecule has 29 heavy (non-hydrogen) atoms. The fraction of sp³-hybridized carbons (Fsp3) is 0.200. The summed E-state index contributed by atoms with van der Waals surface area (Å²) in [5.41, 5.74) is 2.10. The first-order chi connectivity index (χ1) is 14.2. The van der Waals surface area contributed by atoms with Gasteiger partial charge in [-0.2, -0.15) is 10.2 Å². The number of thiophene rings is 1. The Balaban J connectivity index is 1.44. The molecule has 0 bridgehead atoms.